The molecule has 0 aromatic heterocycles. The van der Waals surface area contributed by atoms with Gasteiger partial charge in [-0.25, -0.2) is 4.99 Å². The van der Waals surface area contributed by atoms with Gasteiger partial charge in [0.15, 0.2) is 5.96 Å². The SMILES string of the molecule is CCNC(=NCc1ccc2ccccc2c1)N1CCC(C(=O)OCC)CC1.I. The molecule has 28 heavy (non-hydrogen) atoms. The average molecular weight is 495 g/mol. The van der Waals surface area contributed by atoms with E-state index in [-0.39, 0.29) is 35.9 Å². The monoisotopic (exact) mass is 495 g/mol. The van der Waals surface area contributed by atoms with Crippen molar-refractivity contribution in [3.05, 3.63) is 48.0 Å². The van der Waals surface area contributed by atoms with Crippen LogP contribution < -0.4 is 5.32 Å². The van der Waals surface area contributed by atoms with Crippen molar-refractivity contribution in [2.75, 3.05) is 26.2 Å². The first-order chi connectivity index (χ1) is 13.2. The molecule has 0 amide bonds. The molecule has 6 heteroatoms. The van der Waals surface area contributed by atoms with Gasteiger partial charge in [0.05, 0.1) is 19.1 Å². The minimum absolute atomic E-state index is 0. The predicted molar refractivity (Wildman–Crippen MR) is 125 cm³/mol. The number of nitrogens with one attached hydrogen (secondary N) is 1. The largest absolute Gasteiger partial charge is 0.466 e. The summed E-state index contributed by atoms with van der Waals surface area (Å²) in [6.07, 6.45) is 1.64. The third kappa shape index (κ3) is 5.83. The van der Waals surface area contributed by atoms with Crippen LogP contribution >= 0.6 is 24.0 Å². The molecular formula is C22H30IN3O2. The molecular weight excluding hydrogens is 465 g/mol. The maximum Gasteiger partial charge on any atom is 0.309 e. The van der Waals surface area contributed by atoms with E-state index in [0.717, 1.165) is 38.4 Å². The summed E-state index contributed by atoms with van der Waals surface area (Å²) >= 11 is 0. The Balaban J connectivity index is 0.00000280. The van der Waals surface area contributed by atoms with Crippen molar-refractivity contribution in [3.8, 4) is 0 Å². The number of piperidine rings is 1. The number of rotatable bonds is 5. The number of ether oxygens (including phenoxy) is 1. The first-order valence-electron chi connectivity index (χ1n) is 9.88. The zero-order valence-corrected chi connectivity index (χ0v) is 19.0. The number of aliphatic imine (C=N–C) groups is 1. The lowest BCUT2D eigenvalue weighted by molar-refractivity contribution is -0.149. The highest BCUT2D eigenvalue weighted by Gasteiger charge is 2.27. The highest BCUT2D eigenvalue weighted by molar-refractivity contribution is 14.0. The van der Waals surface area contributed by atoms with Gasteiger partial charge >= 0.3 is 5.97 Å². The van der Waals surface area contributed by atoms with Crippen LogP contribution in [0.3, 0.4) is 0 Å². The summed E-state index contributed by atoms with van der Waals surface area (Å²) in [6, 6.07) is 14.9. The van der Waals surface area contributed by atoms with Crippen molar-refractivity contribution < 1.29 is 9.53 Å². The second kappa shape index (κ2) is 11.2. The van der Waals surface area contributed by atoms with Crippen LogP contribution in [0.5, 0.6) is 0 Å². The molecule has 5 nitrogen and oxygen atoms in total. The number of halogens is 1. The minimum atomic E-state index is -0.0600. The summed E-state index contributed by atoms with van der Waals surface area (Å²) in [5.74, 6) is 0.882. The number of fused-ring (bicyclic) bond motifs is 1. The molecule has 2 aromatic rings. The van der Waals surface area contributed by atoms with Crippen molar-refractivity contribution in [1.82, 2.24) is 10.2 Å². The van der Waals surface area contributed by atoms with Crippen molar-refractivity contribution in [1.29, 1.82) is 0 Å². The van der Waals surface area contributed by atoms with E-state index in [1.165, 1.54) is 16.3 Å². The summed E-state index contributed by atoms with van der Waals surface area (Å²) in [7, 11) is 0. The Bertz CT molecular complexity index is 801. The van der Waals surface area contributed by atoms with E-state index >= 15 is 0 Å². The van der Waals surface area contributed by atoms with Crippen LogP contribution in [0.1, 0.15) is 32.3 Å². The number of nitrogens with zero attached hydrogens (tertiary/aromatic N) is 2. The number of carbonyl (C=O) groups excluding carboxylic acids is 1. The van der Waals surface area contributed by atoms with E-state index in [9.17, 15) is 4.79 Å². The molecule has 0 spiro atoms. The van der Waals surface area contributed by atoms with Crippen molar-refractivity contribution in [3.63, 3.8) is 0 Å². The van der Waals surface area contributed by atoms with Crippen LogP contribution in [0.4, 0.5) is 0 Å². The summed E-state index contributed by atoms with van der Waals surface area (Å²) in [4.78, 5) is 19.0. The molecule has 1 saturated heterocycles. The van der Waals surface area contributed by atoms with E-state index < -0.39 is 0 Å². The quantitative estimate of drug-likeness (QED) is 0.293. The molecule has 152 valence electrons. The molecule has 0 aliphatic carbocycles. The Morgan fingerprint density at radius 1 is 1.14 bits per heavy atom. The highest BCUT2D eigenvalue weighted by Crippen LogP contribution is 2.20. The van der Waals surface area contributed by atoms with E-state index in [2.05, 4.69) is 59.6 Å². The van der Waals surface area contributed by atoms with Gasteiger partial charge in [0.25, 0.3) is 0 Å². The number of carbonyl (C=O) groups is 1. The van der Waals surface area contributed by atoms with Gasteiger partial charge in [0.1, 0.15) is 0 Å². The predicted octanol–water partition coefficient (Wildman–Crippen LogP) is 4.20. The Morgan fingerprint density at radius 3 is 2.54 bits per heavy atom. The molecule has 0 bridgehead atoms. The summed E-state index contributed by atoms with van der Waals surface area (Å²) in [5.41, 5.74) is 1.20. The Morgan fingerprint density at radius 2 is 1.86 bits per heavy atom. The minimum Gasteiger partial charge on any atom is -0.466 e. The van der Waals surface area contributed by atoms with E-state index in [4.69, 9.17) is 9.73 Å². The third-order valence-electron chi connectivity index (χ3n) is 4.97. The van der Waals surface area contributed by atoms with Gasteiger partial charge in [-0.1, -0.05) is 36.4 Å². The number of guanidine groups is 1. The lowest BCUT2D eigenvalue weighted by Gasteiger charge is -2.33. The second-order valence-corrected chi connectivity index (χ2v) is 6.87. The molecule has 0 unspecified atom stereocenters. The Hall–Kier alpha value is -1.83. The van der Waals surface area contributed by atoms with E-state index in [0.29, 0.717) is 13.2 Å². The van der Waals surface area contributed by atoms with Crippen LogP contribution in [0.2, 0.25) is 0 Å². The first-order valence-corrected chi connectivity index (χ1v) is 9.88. The van der Waals surface area contributed by atoms with Crippen molar-refractivity contribution in [2.24, 2.45) is 10.9 Å². The average Bonchev–Trinajstić information content (AvgIpc) is 2.71. The first kappa shape index (κ1) is 22.5. The molecule has 3 rings (SSSR count). The summed E-state index contributed by atoms with van der Waals surface area (Å²) in [5, 5.41) is 5.88. The summed E-state index contributed by atoms with van der Waals surface area (Å²) < 4.78 is 5.16. The second-order valence-electron chi connectivity index (χ2n) is 6.87. The topological polar surface area (TPSA) is 53.9 Å². The molecule has 1 N–H and O–H groups in total. The lowest BCUT2D eigenvalue weighted by atomic mass is 9.97. The smallest absolute Gasteiger partial charge is 0.309 e. The fourth-order valence-electron chi connectivity index (χ4n) is 3.52. The lowest BCUT2D eigenvalue weighted by Crippen LogP contribution is -2.46. The highest BCUT2D eigenvalue weighted by atomic mass is 127. The molecule has 1 fully saturated rings. The van der Waals surface area contributed by atoms with Gasteiger partial charge in [-0.05, 0) is 49.1 Å². The number of likely N-dealkylation sites (tertiary alicyclic amines) is 1. The van der Waals surface area contributed by atoms with Crippen LogP contribution in [0, 0.1) is 5.92 Å². The van der Waals surface area contributed by atoms with Gasteiger partial charge in [0, 0.05) is 19.6 Å². The van der Waals surface area contributed by atoms with Gasteiger partial charge < -0.3 is 15.0 Å². The fourth-order valence-corrected chi connectivity index (χ4v) is 3.52. The van der Waals surface area contributed by atoms with Crippen LogP contribution in [0.25, 0.3) is 10.8 Å². The standard InChI is InChI=1S/C22H29N3O2.HI/c1-3-23-22(25-13-11-19(12-14-25)21(26)27-4-2)24-16-17-9-10-18-7-5-6-8-20(18)15-17;/h5-10,15,19H,3-4,11-14,16H2,1-2H3,(H,23,24);1H. The number of hydrogen-bond acceptors (Lipinski definition) is 3. The Labute approximate surface area is 184 Å². The van der Waals surface area contributed by atoms with Crippen molar-refractivity contribution in [2.45, 2.75) is 33.2 Å². The van der Waals surface area contributed by atoms with Crippen molar-refractivity contribution >= 4 is 46.7 Å². The molecule has 2 aromatic carbocycles. The maximum absolute atomic E-state index is 11.9. The van der Waals surface area contributed by atoms with Crippen LogP contribution in [-0.2, 0) is 16.1 Å². The van der Waals surface area contributed by atoms with E-state index in [1.54, 1.807) is 0 Å². The third-order valence-corrected chi connectivity index (χ3v) is 4.97. The number of benzene rings is 2. The van der Waals surface area contributed by atoms with Gasteiger partial charge in [-0.3, -0.25) is 4.79 Å². The number of hydrogen-bond donors (Lipinski definition) is 1. The summed E-state index contributed by atoms with van der Waals surface area (Å²) in [6.45, 7) is 7.51. The fraction of sp³-hybridized carbons (Fsp3) is 0.455. The van der Waals surface area contributed by atoms with Gasteiger partial charge in [-0.15, -0.1) is 24.0 Å². The molecule has 0 saturated carbocycles. The number of esters is 1. The molecule has 0 atom stereocenters. The normalized spacial score (nSPS) is 15.2. The molecule has 1 aliphatic rings. The maximum atomic E-state index is 11.9. The van der Waals surface area contributed by atoms with Crippen LogP contribution in [0.15, 0.2) is 47.5 Å². The molecule has 1 aliphatic heterocycles. The molecule has 1 heterocycles. The van der Waals surface area contributed by atoms with Gasteiger partial charge in [-0.2, -0.15) is 0 Å². The zero-order chi connectivity index (χ0) is 19.1. The zero-order valence-electron chi connectivity index (χ0n) is 16.7. The van der Waals surface area contributed by atoms with Crippen LogP contribution in [-0.4, -0.2) is 43.1 Å². The Kier molecular flexibility index (Phi) is 9.02. The van der Waals surface area contributed by atoms with Gasteiger partial charge in [0.2, 0.25) is 0 Å². The van der Waals surface area contributed by atoms with E-state index in [1.807, 2.05) is 6.92 Å². The molecule has 0 radical (unpaired) electrons.